The van der Waals surface area contributed by atoms with Crippen LogP contribution in [0.3, 0.4) is 0 Å². The minimum absolute atomic E-state index is 0.0159. The Bertz CT molecular complexity index is 623. The molecule has 1 aromatic heterocycles. The van der Waals surface area contributed by atoms with Gasteiger partial charge in [0.05, 0.1) is 11.5 Å². The smallest absolute Gasteiger partial charge is 0.240 e. The van der Waals surface area contributed by atoms with E-state index in [1.54, 1.807) is 36.5 Å². The third-order valence-corrected chi connectivity index (χ3v) is 4.33. The van der Waals surface area contributed by atoms with E-state index >= 15 is 0 Å². The van der Waals surface area contributed by atoms with Gasteiger partial charge < -0.3 is 4.74 Å². The number of thiol groups is 1. The van der Waals surface area contributed by atoms with Gasteiger partial charge in [-0.1, -0.05) is 18.2 Å². The summed E-state index contributed by atoms with van der Waals surface area (Å²) in [6, 6.07) is 8.21. The zero-order valence-corrected chi connectivity index (χ0v) is 11.8. The molecule has 0 saturated carbocycles. The van der Waals surface area contributed by atoms with Gasteiger partial charge in [0.1, 0.15) is 6.73 Å². The summed E-state index contributed by atoms with van der Waals surface area (Å²) in [4.78, 5) is 4.14. The number of sulfone groups is 1. The average Bonchev–Trinajstić information content (AvgIpc) is 2.89. The highest BCUT2D eigenvalue weighted by molar-refractivity contribution is 7.91. The molecule has 0 aliphatic carbocycles. The molecule has 0 radical (unpaired) electrons. The predicted molar refractivity (Wildman–Crippen MR) is 73.9 cm³/mol. The Hall–Kier alpha value is -1.31. The molecule has 1 aromatic carbocycles. The molecule has 2 aromatic rings. The summed E-state index contributed by atoms with van der Waals surface area (Å²) in [6.07, 6.45) is 3.02. The zero-order chi connectivity index (χ0) is 13.7. The Morgan fingerprint density at radius 1 is 1.26 bits per heavy atom. The van der Waals surface area contributed by atoms with Crippen LogP contribution in [0.5, 0.6) is 0 Å². The van der Waals surface area contributed by atoms with Crippen molar-refractivity contribution in [2.24, 2.45) is 0 Å². The van der Waals surface area contributed by atoms with E-state index < -0.39 is 9.84 Å². The fraction of sp³-hybridized carbons (Fsp3) is 0.250. The molecule has 19 heavy (non-hydrogen) atoms. The van der Waals surface area contributed by atoms with E-state index in [0.717, 1.165) is 0 Å². The zero-order valence-electron chi connectivity index (χ0n) is 10.1. The van der Waals surface area contributed by atoms with Gasteiger partial charge in [0, 0.05) is 18.1 Å². The maximum atomic E-state index is 12.4. The van der Waals surface area contributed by atoms with Gasteiger partial charge in [0.2, 0.25) is 15.0 Å². The van der Waals surface area contributed by atoms with Gasteiger partial charge in [-0.15, -0.1) is 0 Å². The molecule has 0 aliphatic heterocycles. The van der Waals surface area contributed by atoms with Gasteiger partial charge >= 0.3 is 0 Å². The molecule has 102 valence electrons. The lowest BCUT2D eigenvalue weighted by Crippen LogP contribution is -2.13. The van der Waals surface area contributed by atoms with E-state index in [2.05, 4.69) is 17.6 Å². The molecule has 0 saturated heterocycles. The number of rotatable bonds is 6. The second kappa shape index (κ2) is 6.23. The fourth-order valence-corrected chi connectivity index (χ4v) is 3.05. The fourth-order valence-electron chi connectivity index (χ4n) is 1.57. The molecule has 5 nitrogen and oxygen atoms in total. The standard InChI is InChI=1S/C12H14N2O3S2/c15-19(16,11-4-2-1-3-5-11)12-13-6-7-14(12)10-17-8-9-18/h1-7,18H,8-10H2. The molecular formula is C12H14N2O3S2. The summed E-state index contributed by atoms with van der Waals surface area (Å²) >= 11 is 4.02. The molecule has 2 rings (SSSR count). The Morgan fingerprint density at radius 3 is 2.68 bits per heavy atom. The highest BCUT2D eigenvalue weighted by Crippen LogP contribution is 2.18. The molecule has 1 heterocycles. The Balaban J connectivity index is 2.29. The molecule has 0 unspecified atom stereocenters. The number of aromatic nitrogens is 2. The highest BCUT2D eigenvalue weighted by atomic mass is 32.2. The van der Waals surface area contributed by atoms with Crippen molar-refractivity contribution >= 4 is 22.5 Å². The van der Waals surface area contributed by atoms with Crippen LogP contribution >= 0.6 is 12.6 Å². The molecule has 0 spiro atoms. The monoisotopic (exact) mass is 298 g/mol. The lowest BCUT2D eigenvalue weighted by Gasteiger charge is -2.08. The van der Waals surface area contributed by atoms with Crippen molar-refractivity contribution in [2.45, 2.75) is 16.8 Å². The average molecular weight is 298 g/mol. The van der Waals surface area contributed by atoms with E-state index in [4.69, 9.17) is 4.74 Å². The van der Waals surface area contributed by atoms with Crippen molar-refractivity contribution in [2.75, 3.05) is 12.4 Å². The number of benzene rings is 1. The minimum atomic E-state index is -3.61. The van der Waals surface area contributed by atoms with Crippen molar-refractivity contribution in [3.63, 3.8) is 0 Å². The van der Waals surface area contributed by atoms with Crippen LogP contribution in [0, 0.1) is 0 Å². The molecule has 0 N–H and O–H groups in total. The van der Waals surface area contributed by atoms with E-state index in [0.29, 0.717) is 12.4 Å². The number of nitrogens with zero attached hydrogens (tertiary/aromatic N) is 2. The lowest BCUT2D eigenvalue weighted by atomic mass is 10.4. The van der Waals surface area contributed by atoms with Gasteiger partial charge in [0.15, 0.2) is 0 Å². The van der Waals surface area contributed by atoms with Crippen LogP contribution in [0.1, 0.15) is 0 Å². The summed E-state index contributed by atoms with van der Waals surface area (Å²) in [5.41, 5.74) is 0. The second-order valence-electron chi connectivity index (χ2n) is 3.76. The Kier molecular flexibility index (Phi) is 4.62. The van der Waals surface area contributed by atoms with Crippen LogP contribution in [-0.2, 0) is 21.3 Å². The molecule has 0 atom stereocenters. The SMILES string of the molecule is O=S(=O)(c1ccccc1)c1nccn1COCCS. The van der Waals surface area contributed by atoms with Gasteiger partial charge in [0.25, 0.3) is 0 Å². The molecule has 0 amide bonds. The van der Waals surface area contributed by atoms with E-state index in [1.165, 1.54) is 10.8 Å². The van der Waals surface area contributed by atoms with E-state index in [1.807, 2.05) is 0 Å². The lowest BCUT2D eigenvalue weighted by molar-refractivity contribution is 0.0837. The van der Waals surface area contributed by atoms with Crippen molar-refractivity contribution in [1.82, 2.24) is 9.55 Å². The number of ether oxygens (including phenoxy) is 1. The summed E-state index contributed by atoms with van der Waals surface area (Å²) < 4.78 is 31.5. The highest BCUT2D eigenvalue weighted by Gasteiger charge is 2.22. The summed E-state index contributed by atoms with van der Waals surface area (Å²) in [5, 5.41) is -0.0159. The summed E-state index contributed by atoms with van der Waals surface area (Å²) in [6.45, 7) is 0.591. The van der Waals surface area contributed by atoms with Crippen LogP contribution in [-0.4, -0.2) is 30.3 Å². The first kappa shape index (κ1) is 14.1. The molecule has 0 bridgehead atoms. The predicted octanol–water partition coefficient (Wildman–Crippen LogP) is 1.62. The Labute approximate surface area is 117 Å². The van der Waals surface area contributed by atoms with Crippen molar-refractivity contribution < 1.29 is 13.2 Å². The first-order valence-electron chi connectivity index (χ1n) is 5.66. The Morgan fingerprint density at radius 2 is 2.00 bits per heavy atom. The quantitative estimate of drug-likeness (QED) is 0.650. The van der Waals surface area contributed by atoms with Crippen LogP contribution in [0.2, 0.25) is 0 Å². The summed E-state index contributed by atoms with van der Waals surface area (Å²) in [7, 11) is -3.61. The van der Waals surface area contributed by atoms with E-state index in [-0.39, 0.29) is 16.8 Å². The molecule has 7 heteroatoms. The first-order valence-corrected chi connectivity index (χ1v) is 7.77. The third kappa shape index (κ3) is 3.17. The maximum absolute atomic E-state index is 12.4. The third-order valence-electron chi connectivity index (χ3n) is 2.44. The largest absolute Gasteiger partial charge is 0.360 e. The molecule has 0 aliphatic rings. The van der Waals surface area contributed by atoms with Crippen molar-refractivity contribution in [1.29, 1.82) is 0 Å². The van der Waals surface area contributed by atoms with Crippen molar-refractivity contribution in [3.8, 4) is 0 Å². The number of imidazole rings is 1. The van der Waals surface area contributed by atoms with E-state index in [9.17, 15) is 8.42 Å². The number of hydrogen-bond acceptors (Lipinski definition) is 5. The van der Waals surface area contributed by atoms with Crippen LogP contribution in [0.15, 0.2) is 52.8 Å². The van der Waals surface area contributed by atoms with Crippen molar-refractivity contribution in [3.05, 3.63) is 42.7 Å². The van der Waals surface area contributed by atoms with Gasteiger partial charge in [-0.05, 0) is 12.1 Å². The summed E-state index contributed by atoms with van der Waals surface area (Å²) in [5.74, 6) is 0.579. The minimum Gasteiger partial charge on any atom is -0.360 e. The van der Waals surface area contributed by atoms with Crippen LogP contribution in [0.25, 0.3) is 0 Å². The normalized spacial score (nSPS) is 11.6. The van der Waals surface area contributed by atoms with Crippen LogP contribution < -0.4 is 0 Å². The van der Waals surface area contributed by atoms with Gasteiger partial charge in [-0.3, -0.25) is 4.57 Å². The van der Waals surface area contributed by atoms with Crippen LogP contribution in [0.4, 0.5) is 0 Å². The molecular weight excluding hydrogens is 284 g/mol. The first-order chi connectivity index (χ1) is 9.16. The number of hydrogen-bond donors (Lipinski definition) is 1. The van der Waals surface area contributed by atoms with Gasteiger partial charge in [-0.25, -0.2) is 13.4 Å². The maximum Gasteiger partial charge on any atom is 0.240 e. The topological polar surface area (TPSA) is 61.2 Å². The van der Waals surface area contributed by atoms with Gasteiger partial charge in [-0.2, -0.15) is 12.6 Å². The molecule has 0 fully saturated rings. The second-order valence-corrected chi connectivity index (χ2v) is 6.05.